The van der Waals surface area contributed by atoms with Gasteiger partial charge in [-0.15, -0.1) is 0 Å². The summed E-state index contributed by atoms with van der Waals surface area (Å²) in [5, 5.41) is 72.8. The largest absolute Gasteiger partial charge is 0.504 e. The Morgan fingerprint density at radius 1 is 0.978 bits per heavy atom. The third kappa shape index (κ3) is 10.2. The summed E-state index contributed by atoms with van der Waals surface area (Å²) in [5.74, 6) is -4.34. The van der Waals surface area contributed by atoms with Gasteiger partial charge in [0.15, 0.2) is 11.5 Å². The lowest BCUT2D eigenvalue weighted by Gasteiger charge is -2.40. The lowest BCUT2D eigenvalue weighted by molar-refractivity contribution is -0.277. The van der Waals surface area contributed by atoms with Crippen molar-refractivity contribution in [2.45, 2.75) is 103 Å². The van der Waals surface area contributed by atoms with E-state index in [-0.39, 0.29) is 35.3 Å². The molecule has 0 spiro atoms. The van der Waals surface area contributed by atoms with Gasteiger partial charge >= 0.3 is 17.9 Å². The molecular formula is C31H44O14. The molecule has 252 valence electrons. The molecule has 45 heavy (non-hydrogen) atoms. The van der Waals surface area contributed by atoms with Crippen molar-refractivity contribution < 1.29 is 69.1 Å². The highest BCUT2D eigenvalue weighted by Gasteiger charge is 2.45. The molecule has 1 aromatic rings. The van der Waals surface area contributed by atoms with Crippen molar-refractivity contribution in [2.24, 2.45) is 0 Å². The van der Waals surface area contributed by atoms with E-state index in [1.807, 2.05) is 0 Å². The SMILES string of the molecule is COC(=O)C[C@@](C)(O)CC(=O)O[C@H](C(=O)O)c1cc(CC=C(C)C)c(O[C@@H]2O[C@H](CO)[C@@H](O)[C@H](O)[C@H]2O)c(O)c1CC=C(C)C. The van der Waals surface area contributed by atoms with E-state index in [4.69, 9.17) is 14.2 Å². The molecule has 1 heterocycles. The number of phenolic OH excluding ortho intramolecular Hbond substituents is 1. The third-order valence-electron chi connectivity index (χ3n) is 7.03. The Bertz CT molecular complexity index is 1270. The van der Waals surface area contributed by atoms with Gasteiger partial charge in [-0.25, -0.2) is 4.79 Å². The van der Waals surface area contributed by atoms with E-state index in [0.29, 0.717) is 0 Å². The molecule has 0 bridgehead atoms. The number of aliphatic hydroxyl groups is 5. The first-order valence-corrected chi connectivity index (χ1v) is 14.2. The summed E-state index contributed by atoms with van der Waals surface area (Å²) in [5.41, 5.74) is -0.208. The van der Waals surface area contributed by atoms with Crippen LogP contribution in [0.3, 0.4) is 0 Å². The molecule has 1 aromatic carbocycles. The minimum atomic E-state index is -1.97. The molecule has 1 aliphatic heterocycles. The van der Waals surface area contributed by atoms with Gasteiger partial charge in [0.05, 0.1) is 32.2 Å². The zero-order valence-corrected chi connectivity index (χ0v) is 26.2. The van der Waals surface area contributed by atoms with Crippen molar-refractivity contribution in [3.63, 3.8) is 0 Å². The Morgan fingerprint density at radius 3 is 2.09 bits per heavy atom. The number of phenols is 1. The fraction of sp³-hybridized carbons (Fsp3) is 0.581. The van der Waals surface area contributed by atoms with Gasteiger partial charge in [-0.05, 0) is 53.5 Å². The van der Waals surface area contributed by atoms with Crippen LogP contribution in [0.4, 0.5) is 0 Å². The summed E-state index contributed by atoms with van der Waals surface area (Å²) in [6.45, 7) is 7.60. The van der Waals surface area contributed by atoms with Gasteiger partial charge < -0.3 is 54.7 Å². The lowest BCUT2D eigenvalue weighted by Crippen LogP contribution is -2.60. The highest BCUT2D eigenvalue weighted by Crippen LogP contribution is 2.42. The normalized spacial score (nSPS) is 23.2. The van der Waals surface area contributed by atoms with Gasteiger partial charge in [0, 0.05) is 16.7 Å². The average Bonchev–Trinajstić information content (AvgIpc) is 2.94. The highest BCUT2D eigenvalue weighted by atomic mass is 16.7. The minimum Gasteiger partial charge on any atom is -0.504 e. The first-order valence-electron chi connectivity index (χ1n) is 14.2. The first kappa shape index (κ1) is 37.7. The van der Waals surface area contributed by atoms with E-state index in [1.54, 1.807) is 39.8 Å². The van der Waals surface area contributed by atoms with Crippen molar-refractivity contribution >= 4 is 17.9 Å². The summed E-state index contributed by atoms with van der Waals surface area (Å²) in [7, 11) is 1.11. The van der Waals surface area contributed by atoms with Crippen LogP contribution in [0.5, 0.6) is 11.5 Å². The fourth-order valence-corrected chi connectivity index (χ4v) is 4.58. The van der Waals surface area contributed by atoms with E-state index >= 15 is 0 Å². The number of carbonyl (C=O) groups is 3. The molecule has 7 atom stereocenters. The topological polar surface area (TPSA) is 230 Å². The number of methoxy groups -OCH3 is 1. The number of ether oxygens (including phenoxy) is 4. The molecule has 14 heteroatoms. The Balaban J connectivity index is 2.69. The van der Waals surface area contributed by atoms with Crippen molar-refractivity contribution in [3.8, 4) is 11.5 Å². The van der Waals surface area contributed by atoms with Crippen LogP contribution in [-0.2, 0) is 41.4 Å². The molecule has 0 saturated carbocycles. The number of aromatic hydroxyl groups is 1. The number of hydrogen-bond donors (Lipinski definition) is 7. The molecule has 0 unspecified atom stereocenters. The number of rotatable bonds is 14. The Hall–Kier alpha value is -3.53. The number of carbonyl (C=O) groups excluding carboxylic acids is 2. The number of allylic oxidation sites excluding steroid dienone is 4. The highest BCUT2D eigenvalue weighted by molar-refractivity contribution is 5.81. The molecule has 14 nitrogen and oxygen atoms in total. The second kappa shape index (κ2) is 16.2. The van der Waals surface area contributed by atoms with E-state index in [2.05, 4.69) is 4.74 Å². The number of carboxylic acids is 1. The fourth-order valence-electron chi connectivity index (χ4n) is 4.58. The molecule has 0 aromatic heterocycles. The summed E-state index contributed by atoms with van der Waals surface area (Å²) in [6, 6.07) is 1.35. The second-order valence-corrected chi connectivity index (χ2v) is 11.7. The van der Waals surface area contributed by atoms with Crippen LogP contribution in [0.25, 0.3) is 0 Å². The van der Waals surface area contributed by atoms with Gasteiger partial charge in [0.25, 0.3) is 0 Å². The molecule has 0 amide bonds. The molecule has 1 saturated heterocycles. The zero-order chi connectivity index (χ0) is 34.2. The first-order chi connectivity index (χ1) is 20.9. The Morgan fingerprint density at radius 2 is 1.56 bits per heavy atom. The van der Waals surface area contributed by atoms with Gasteiger partial charge in [-0.3, -0.25) is 9.59 Å². The number of benzene rings is 1. The van der Waals surface area contributed by atoms with Gasteiger partial charge in [-0.1, -0.05) is 23.3 Å². The predicted octanol–water partition coefficient (Wildman–Crippen LogP) is 0.961. The zero-order valence-electron chi connectivity index (χ0n) is 26.2. The van der Waals surface area contributed by atoms with Gasteiger partial charge in [0.2, 0.25) is 12.4 Å². The van der Waals surface area contributed by atoms with Crippen molar-refractivity contribution in [1.82, 2.24) is 0 Å². The molecule has 2 rings (SSSR count). The standard InChI is InChI=1S/C31H44O14/c1-15(2)7-9-17-11-19(28(29(39)40)44-22(34)13-31(5,41)12-21(33)42-6)18(10-8-16(3)4)23(35)27(17)45-30-26(38)25(37)24(36)20(14-32)43-30/h7-8,11,20,24-26,28,30,32,35-38,41H,9-10,12-14H2,1-6H3,(H,39,40)/t20-,24-,25+,26-,28+,30+,31-/m1/s1. The van der Waals surface area contributed by atoms with Crippen LogP contribution >= 0.6 is 0 Å². The molecule has 7 N–H and O–H groups in total. The van der Waals surface area contributed by atoms with Crippen LogP contribution in [0.15, 0.2) is 29.4 Å². The minimum absolute atomic E-state index is 0.0155. The quantitative estimate of drug-likeness (QED) is 0.111. The Labute approximate surface area is 261 Å². The monoisotopic (exact) mass is 640 g/mol. The molecular weight excluding hydrogens is 596 g/mol. The van der Waals surface area contributed by atoms with Crippen molar-refractivity contribution in [3.05, 3.63) is 46.1 Å². The summed E-state index contributed by atoms with van der Waals surface area (Å²) in [6.07, 6.45) is -8.03. The lowest BCUT2D eigenvalue weighted by atomic mass is 9.92. The van der Waals surface area contributed by atoms with Crippen LogP contribution in [0.2, 0.25) is 0 Å². The number of aliphatic carboxylic acids is 1. The third-order valence-corrected chi connectivity index (χ3v) is 7.03. The maximum Gasteiger partial charge on any atom is 0.349 e. The average molecular weight is 641 g/mol. The number of carboxylic acid groups (broad SMARTS) is 1. The summed E-state index contributed by atoms with van der Waals surface area (Å²) in [4.78, 5) is 37.0. The van der Waals surface area contributed by atoms with Crippen LogP contribution < -0.4 is 4.74 Å². The molecule has 0 radical (unpaired) electrons. The summed E-state index contributed by atoms with van der Waals surface area (Å²) < 4.78 is 21.2. The maximum atomic E-state index is 12.8. The van der Waals surface area contributed by atoms with E-state index in [0.717, 1.165) is 18.3 Å². The molecule has 1 fully saturated rings. The number of esters is 2. The van der Waals surface area contributed by atoms with E-state index in [1.165, 1.54) is 13.0 Å². The van der Waals surface area contributed by atoms with E-state index < -0.39 is 85.5 Å². The van der Waals surface area contributed by atoms with Crippen molar-refractivity contribution in [1.29, 1.82) is 0 Å². The predicted molar refractivity (Wildman–Crippen MR) is 157 cm³/mol. The van der Waals surface area contributed by atoms with Crippen molar-refractivity contribution in [2.75, 3.05) is 13.7 Å². The summed E-state index contributed by atoms with van der Waals surface area (Å²) >= 11 is 0. The molecule has 0 aliphatic carbocycles. The molecule has 1 aliphatic rings. The number of hydrogen-bond acceptors (Lipinski definition) is 13. The van der Waals surface area contributed by atoms with Gasteiger partial charge in [0.1, 0.15) is 24.4 Å². The second-order valence-electron chi connectivity index (χ2n) is 11.7. The van der Waals surface area contributed by atoms with Gasteiger partial charge in [-0.2, -0.15) is 0 Å². The number of aliphatic hydroxyl groups excluding tert-OH is 4. The van der Waals surface area contributed by atoms with Crippen LogP contribution in [-0.4, -0.2) is 104 Å². The van der Waals surface area contributed by atoms with E-state index in [9.17, 15) is 50.1 Å². The van der Waals surface area contributed by atoms with Crippen LogP contribution in [0, 0.1) is 0 Å². The van der Waals surface area contributed by atoms with Crippen LogP contribution in [0.1, 0.15) is 70.3 Å². The maximum absolute atomic E-state index is 12.8. The smallest absolute Gasteiger partial charge is 0.349 e. The Kier molecular flexibility index (Phi) is 13.5.